The Labute approximate surface area is 304 Å². The Morgan fingerprint density at radius 2 is 1.52 bits per heavy atom. The van der Waals surface area contributed by atoms with Gasteiger partial charge in [-0.25, -0.2) is 14.4 Å². The van der Waals surface area contributed by atoms with Gasteiger partial charge in [0.2, 0.25) is 23.6 Å². The van der Waals surface area contributed by atoms with E-state index in [0.717, 1.165) is 44.6 Å². The van der Waals surface area contributed by atoms with Gasteiger partial charge < -0.3 is 24.8 Å². The highest BCUT2D eigenvalue weighted by atomic mass is 35.5. The lowest BCUT2D eigenvalue weighted by Crippen LogP contribution is -2.67. The Kier molecular flexibility index (Phi) is 7.86. The third kappa shape index (κ3) is 5.44. The highest BCUT2D eigenvalue weighted by Gasteiger charge is 2.52. The Bertz CT molecular complexity index is 2140. The van der Waals surface area contributed by atoms with Crippen LogP contribution >= 0.6 is 11.6 Å². The fourth-order valence-corrected chi connectivity index (χ4v) is 8.87. The van der Waals surface area contributed by atoms with Gasteiger partial charge in [0.25, 0.3) is 0 Å². The maximum Gasteiger partial charge on any atom is 0.237 e. The summed E-state index contributed by atoms with van der Waals surface area (Å²) in [5.74, 6) is 1.13. The number of halogens is 2. The number of nitrogens with one attached hydrogen (secondary N) is 2. The van der Waals surface area contributed by atoms with Gasteiger partial charge in [-0.15, -0.1) is 0 Å². The number of aromatic nitrogens is 3. The minimum absolute atomic E-state index is 0.0481. The van der Waals surface area contributed by atoms with Crippen molar-refractivity contribution in [3.05, 3.63) is 70.8 Å². The molecule has 14 heteroatoms. The van der Waals surface area contributed by atoms with E-state index >= 15 is 4.39 Å². The van der Waals surface area contributed by atoms with Crippen molar-refractivity contribution in [1.29, 1.82) is 0 Å². The smallest absolute Gasteiger partial charge is 0.237 e. The lowest BCUT2D eigenvalue weighted by molar-refractivity contribution is -0.121. The van der Waals surface area contributed by atoms with E-state index < -0.39 is 5.82 Å². The molecule has 0 aliphatic carbocycles. The molecule has 52 heavy (non-hydrogen) atoms. The average Bonchev–Trinajstić information content (AvgIpc) is 3.84. The van der Waals surface area contributed by atoms with E-state index in [2.05, 4.69) is 30.4 Å². The first-order valence-electron chi connectivity index (χ1n) is 17.5. The van der Waals surface area contributed by atoms with Gasteiger partial charge >= 0.3 is 0 Å². The number of carbonyl (C=O) groups is 2. The zero-order valence-corrected chi connectivity index (χ0v) is 29.6. The Morgan fingerprint density at radius 3 is 2.19 bits per heavy atom. The molecule has 0 unspecified atom stereocenters. The molecule has 4 saturated heterocycles. The van der Waals surface area contributed by atoms with E-state index in [-0.39, 0.29) is 34.5 Å². The summed E-state index contributed by atoms with van der Waals surface area (Å²) < 4.78 is 34.0. The molecule has 2 aromatic carbocycles. The number of amides is 2. The third-order valence-electron chi connectivity index (χ3n) is 11.1. The molecule has 1 atom stereocenters. The van der Waals surface area contributed by atoms with Gasteiger partial charge in [0.1, 0.15) is 23.9 Å². The summed E-state index contributed by atoms with van der Waals surface area (Å²) in [4.78, 5) is 42.2. The molecule has 7 heterocycles. The van der Waals surface area contributed by atoms with Crippen molar-refractivity contribution < 1.29 is 28.2 Å². The van der Waals surface area contributed by atoms with Gasteiger partial charge in [0.15, 0.2) is 0 Å². The molecule has 12 nitrogen and oxygen atoms in total. The maximum atomic E-state index is 16.5. The number of fused-ring (bicyclic) bond motifs is 1. The van der Waals surface area contributed by atoms with Crippen LogP contribution in [-0.4, -0.2) is 94.6 Å². The molecule has 268 valence electrons. The molecular weight excluding hydrogens is 689 g/mol. The van der Waals surface area contributed by atoms with E-state index in [4.69, 9.17) is 30.8 Å². The lowest BCUT2D eigenvalue weighted by atomic mass is 9.86. The van der Waals surface area contributed by atoms with Gasteiger partial charge in [-0.2, -0.15) is 0 Å². The molecular formula is C38H37ClFN7O5. The molecule has 9 rings (SSSR count). The first-order chi connectivity index (χ1) is 25.2. The summed E-state index contributed by atoms with van der Waals surface area (Å²) in [7, 11) is 3.10. The van der Waals surface area contributed by atoms with Crippen LogP contribution in [0.25, 0.3) is 33.6 Å². The summed E-state index contributed by atoms with van der Waals surface area (Å²) in [6.45, 7) is 3.93. The summed E-state index contributed by atoms with van der Waals surface area (Å²) >= 11 is 7.07. The number of rotatable bonds is 8. The third-order valence-corrected chi connectivity index (χ3v) is 11.5. The van der Waals surface area contributed by atoms with Crippen LogP contribution in [0.5, 0.6) is 17.5 Å². The molecule has 2 amide bonds. The van der Waals surface area contributed by atoms with Crippen molar-refractivity contribution in [1.82, 2.24) is 35.4 Å². The minimum atomic E-state index is -0.497. The normalized spacial score (nSPS) is 21.3. The van der Waals surface area contributed by atoms with Gasteiger partial charge in [0.05, 0.1) is 59.5 Å². The molecule has 4 aromatic rings. The molecule has 0 radical (unpaired) electrons. The molecule has 0 bridgehead atoms. The molecule has 2 N–H and O–H groups in total. The average molecular weight is 726 g/mol. The van der Waals surface area contributed by atoms with Crippen molar-refractivity contribution in [2.45, 2.75) is 49.3 Å². The molecule has 0 saturated carbocycles. The number of nitrogens with zero attached hydrogens (tertiary/aromatic N) is 5. The monoisotopic (exact) mass is 725 g/mol. The zero-order chi connectivity index (χ0) is 35.8. The van der Waals surface area contributed by atoms with Crippen LogP contribution in [-0.2, 0) is 16.1 Å². The van der Waals surface area contributed by atoms with E-state index in [0.29, 0.717) is 82.3 Å². The number of benzene rings is 2. The van der Waals surface area contributed by atoms with Crippen LogP contribution in [0, 0.1) is 5.82 Å². The first-order valence-corrected chi connectivity index (χ1v) is 17.8. The highest BCUT2D eigenvalue weighted by Crippen LogP contribution is 2.48. The molecule has 5 aliphatic rings. The van der Waals surface area contributed by atoms with Gasteiger partial charge in [-0.1, -0.05) is 41.9 Å². The fraction of sp³-hybridized carbons (Fsp3) is 0.395. The predicted molar refractivity (Wildman–Crippen MR) is 190 cm³/mol. The van der Waals surface area contributed by atoms with Crippen molar-refractivity contribution in [3.8, 4) is 51.2 Å². The molecule has 4 fully saturated rings. The topological polar surface area (TPSA) is 131 Å². The van der Waals surface area contributed by atoms with E-state index in [1.807, 2.05) is 18.2 Å². The van der Waals surface area contributed by atoms with E-state index in [1.54, 1.807) is 37.6 Å². The van der Waals surface area contributed by atoms with Crippen LogP contribution in [0.4, 0.5) is 4.39 Å². The minimum Gasteiger partial charge on any atom is -0.491 e. The van der Waals surface area contributed by atoms with Crippen molar-refractivity contribution in [2.75, 3.05) is 47.0 Å². The summed E-state index contributed by atoms with van der Waals surface area (Å²) in [6.07, 6.45) is 4.36. The van der Waals surface area contributed by atoms with E-state index in [9.17, 15) is 9.59 Å². The second-order valence-electron chi connectivity index (χ2n) is 14.5. The van der Waals surface area contributed by atoms with Crippen LogP contribution in [0.3, 0.4) is 0 Å². The van der Waals surface area contributed by atoms with Gasteiger partial charge in [-0.05, 0) is 18.9 Å². The molecule has 2 aromatic heterocycles. The number of likely N-dealkylation sites (tertiary alicyclic amines) is 2. The second-order valence-corrected chi connectivity index (χ2v) is 14.9. The van der Waals surface area contributed by atoms with Gasteiger partial charge in [-0.3, -0.25) is 24.4 Å². The lowest BCUT2D eigenvalue weighted by Gasteiger charge is -2.50. The Balaban J connectivity index is 0.973. The number of pyridine rings is 1. The summed E-state index contributed by atoms with van der Waals surface area (Å²) in [5, 5.41) is 6.56. The largest absolute Gasteiger partial charge is 0.491 e. The number of methoxy groups -OCH3 is 2. The van der Waals surface area contributed by atoms with Crippen molar-refractivity contribution in [3.63, 3.8) is 0 Å². The Morgan fingerprint density at radius 1 is 0.885 bits per heavy atom. The van der Waals surface area contributed by atoms with Crippen molar-refractivity contribution >= 4 is 23.4 Å². The molecule has 2 spiro atoms. The Hall–Kier alpha value is -4.85. The number of hydrogen-bond acceptors (Lipinski definition) is 10. The van der Waals surface area contributed by atoms with Crippen LogP contribution in [0.1, 0.15) is 43.0 Å². The number of hydrogen-bond donors (Lipinski definition) is 2. The SMILES string of the molecule is COc1nc(-c2cccc(-c3cccc(-c4cc5c(c(OC)n4)[C@@H](N4CC6(CCC(=O)N6)C4)CO5)c3Cl)c2F)cnc1CN1CC2(CCC(=O)N2)C1. The fourth-order valence-electron chi connectivity index (χ4n) is 8.55. The maximum absolute atomic E-state index is 16.5. The molecule has 5 aliphatic heterocycles. The number of carbonyl (C=O) groups excluding carboxylic acids is 2. The van der Waals surface area contributed by atoms with Crippen LogP contribution < -0.4 is 24.8 Å². The summed E-state index contributed by atoms with van der Waals surface area (Å²) in [5.41, 5.74) is 3.73. The first kappa shape index (κ1) is 33.0. The van der Waals surface area contributed by atoms with Gasteiger partial charge in [0, 0.05) is 73.9 Å². The highest BCUT2D eigenvalue weighted by molar-refractivity contribution is 6.36. The number of ether oxygens (including phenoxy) is 3. The van der Waals surface area contributed by atoms with Crippen LogP contribution in [0.2, 0.25) is 5.02 Å². The predicted octanol–water partition coefficient (Wildman–Crippen LogP) is 4.54. The second kappa shape index (κ2) is 12.4. The van der Waals surface area contributed by atoms with Crippen molar-refractivity contribution in [2.24, 2.45) is 0 Å². The quantitative estimate of drug-likeness (QED) is 0.267. The van der Waals surface area contributed by atoms with Crippen LogP contribution in [0.15, 0.2) is 48.7 Å². The zero-order valence-electron chi connectivity index (χ0n) is 28.8. The summed E-state index contributed by atoms with van der Waals surface area (Å²) in [6, 6.07) is 12.3. The van der Waals surface area contributed by atoms with E-state index in [1.165, 1.54) is 7.11 Å². The standard InChI is InChI=1S/C38H37ClFN7O5/c1-50-35-27(15-46-17-37(18-46)11-9-30(48)44-37)41-14-26(43-35)24-8-4-6-22(34(24)40)21-5-3-7-23(33(21)39)25-13-29-32(36(42-25)51-2)28(16-52-29)47-19-38(20-47)12-10-31(49)45-38/h3-8,13-14,28H,9-12,15-20H2,1-2H3,(H,44,48)(H,45,49)/t28-/m0/s1.